The van der Waals surface area contributed by atoms with Crippen LogP contribution < -0.4 is 5.73 Å². The minimum Gasteiger partial charge on any atom is -0.480 e. The largest absolute Gasteiger partial charge is 0.480 e. The number of aliphatic carboxylic acids is 1. The topological polar surface area (TPSA) is 92.9 Å². The highest BCUT2D eigenvalue weighted by atomic mass is 16.6. The Hall–Kier alpha value is -0.940. The first-order valence-electron chi connectivity index (χ1n) is 4.66. The third kappa shape index (κ3) is 3.43. The molecule has 0 aromatic heterocycles. The molecule has 0 amide bonds. The lowest BCUT2D eigenvalue weighted by Gasteiger charge is -2.04. The average molecular weight is 201 g/mol. The Morgan fingerprint density at radius 2 is 2.14 bits per heavy atom. The highest BCUT2D eigenvalue weighted by Gasteiger charge is 2.35. The second-order valence-corrected chi connectivity index (χ2v) is 3.61. The molecule has 1 rings (SSSR count). The maximum Gasteiger partial charge on any atom is 0.320 e. The van der Waals surface area contributed by atoms with Crippen molar-refractivity contribution in [3.63, 3.8) is 0 Å². The van der Waals surface area contributed by atoms with Crippen molar-refractivity contribution in [1.82, 2.24) is 0 Å². The summed E-state index contributed by atoms with van der Waals surface area (Å²) in [7, 11) is 0. The van der Waals surface area contributed by atoms with E-state index in [-0.39, 0.29) is 30.8 Å². The molecule has 0 spiro atoms. The van der Waals surface area contributed by atoms with E-state index in [2.05, 4.69) is 0 Å². The molecule has 1 saturated heterocycles. The van der Waals surface area contributed by atoms with Gasteiger partial charge >= 0.3 is 5.97 Å². The number of ether oxygens (including phenoxy) is 1. The van der Waals surface area contributed by atoms with Gasteiger partial charge in [-0.3, -0.25) is 9.59 Å². The van der Waals surface area contributed by atoms with Gasteiger partial charge < -0.3 is 15.6 Å². The summed E-state index contributed by atoms with van der Waals surface area (Å²) in [6.45, 7) is 1.90. The third-order valence-electron chi connectivity index (χ3n) is 2.32. The van der Waals surface area contributed by atoms with Crippen molar-refractivity contribution >= 4 is 11.8 Å². The minimum absolute atomic E-state index is 0.0241. The second-order valence-electron chi connectivity index (χ2n) is 3.61. The van der Waals surface area contributed by atoms with E-state index in [1.165, 1.54) is 0 Å². The predicted molar refractivity (Wildman–Crippen MR) is 48.8 cm³/mol. The Labute approximate surface area is 82.2 Å². The summed E-state index contributed by atoms with van der Waals surface area (Å²) in [6.07, 6.45) is 1.03. The lowest BCUT2D eigenvalue weighted by molar-refractivity contribution is -0.138. The Morgan fingerprint density at radius 1 is 1.57 bits per heavy atom. The molecule has 1 aliphatic rings. The summed E-state index contributed by atoms with van der Waals surface area (Å²) >= 11 is 0. The molecule has 1 heterocycles. The first-order chi connectivity index (χ1) is 6.50. The molecular formula is C9H15NO4. The highest BCUT2D eigenvalue weighted by molar-refractivity contribution is 5.80. The molecule has 1 fully saturated rings. The van der Waals surface area contributed by atoms with Crippen molar-refractivity contribution in [3.8, 4) is 0 Å². The zero-order chi connectivity index (χ0) is 10.7. The van der Waals surface area contributed by atoms with Gasteiger partial charge in [0.05, 0.1) is 12.2 Å². The van der Waals surface area contributed by atoms with Gasteiger partial charge in [0, 0.05) is 12.8 Å². The third-order valence-corrected chi connectivity index (χ3v) is 2.32. The van der Waals surface area contributed by atoms with Crippen molar-refractivity contribution in [1.29, 1.82) is 0 Å². The number of nitrogens with two attached hydrogens (primary N) is 1. The SMILES string of the molecule is CC1OC1CC(=O)CCC(N)C(=O)O. The second kappa shape index (κ2) is 4.52. The van der Waals surface area contributed by atoms with Crippen LogP contribution in [0.3, 0.4) is 0 Å². The number of carboxylic acids is 1. The molecule has 0 radical (unpaired) electrons. The fourth-order valence-corrected chi connectivity index (χ4v) is 1.21. The number of rotatable bonds is 6. The zero-order valence-electron chi connectivity index (χ0n) is 8.10. The Kier molecular flexibility index (Phi) is 3.60. The van der Waals surface area contributed by atoms with Crippen molar-refractivity contribution in [3.05, 3.63) is 0 Å². The van der Waals surface area contributed by atoms with Crippen LogP contribution in [0, 0.1) is 0 Å². The van der Waals surface area contributed by atoms with Gasteiger partial charge in [0.2, 0.25) is 0 Å². The molecule has 3 unspecified atom stereocenters. The lowest BCUT2D eigenvalue weighted by atomic mass is 10.1. The Morgan fingerprint density at radius 3 is 2.57 bits per heavy atom. The number of Topliss-reactive ketones (excluding diaryl/α,β-unsaturated/α-hetero) is 1. The quantitative estimate of drug-likeness (QED) is 0.586. The number of ketones is 1. The standard InChI is InChI=1S/C9H15NO4/c1-5-8(14-5)4-6(11)2-3-7(10)9(12)13/h5,7-8H,2-4,10H2,1H3,(H,12,13). The van der Waals surface area contributed by atoms with E-state index in [1.54, 1.807) is 0 Å². The molecule has 1 aliphatic heterocycles. The number of carbonyl (C=O) groups is 2. The van der Waals surface area contributed by atoms with E-state index in [1.807, 2.05) is 6.92 Å². The van der Waals surface area contributed by atoms with Gasteiger partial charge in [0.1, 0.15) is 11.8 Å². The number of epoxide rings is 1. The molecule has 0 aromatic carbocycles. The van der Waals surface area contributed by atoms with Gasteiger partial charge in [-0.25, -0.2) is 0 Å². The molecule has 5 nitrogen and oxygen atoms in total. The van der Waals surface area contributed by atoms with Gasteiger partial charge in [0.25, 0.3) is 0 Å². The fraction of sp³-hybridized carbons (Fsp3) is 0.778. The molecule has 14 heavy (non-hydrogen) atoms. The molecule has 0 saturated carbocycles. The fourth-order valence-electron chi connectivity index (χ4n) is 1.21. The normalized spacial score (nSPS) is 27.0. The van der Waals surface area contributed by atoms with E-state index in [0.717, 1.165) is 0 Å². The maximum absolute atomic E-state index is 11.2. The monoisotopic (exact) mass is 201 g/mol. The smallest absolute Gasteiger partial charge is 0.320 e. The van der Waals surface area contributed by atoms with Gasteiger partial charge in [-0.1, -0.05) is 0 Å². The Bertz CT molecular complexity index is 241. The zero-order valence-corrected chi connectivity index (χ0v) is 8.10. The summed E-state index contributed by atoms with van der Waals surface area (Å²) in [5, 5.41) is 8.47. The molecular weight excluding hydrogens is 186 g/mol. The Balaban J connectivity index is 2.11. The van der Waals surface area contributed by atoms with Gasteiger partial charge in [-0.2, -0.15) is 0 Å². The number of carbonyl (C=O) groups excluding carboxylic acids is 1. The van der Waals surface area contributed by atoms with Crippen LogP contribution in [0.2, 0.25) is 0 Å². The van der Waals surface area contributed by atoms with Gasteiger partial charge in [0.15, 0.2) is 0 Å². The van der Waals surface area contributed by atoms with Crippen molar-refractivity contribution in [2.24, 2.45) is 5.73 Å². The molecule has 3 N–H and O–H groups in total. The van der Waals surface area contributed by atoms with E-state index in [0.29, 0.717) is 6.42 Å². The maximum atomic E-state index is 11.2. The summed E-state index contributed by atoms with van der Waals surface area (Å²) in [4.78, 5) is 21.6. The average Bonchev–Trinajstić information content (AvgIpc) is 2.77. The minimum atomic E-state index is -1.06. The van der Waals surface area contributed by atoms with E-state index in [9.17, 15) is 9.59 Å². The molecule has 3 atom stereocenters. The van der Waals surface area contributed by atoms with Crippen LogP contribution in [-0.4, -0.2) is 35.1 Å². The number of hydrogen-bond acceptors (Lipinski definition) is 4. The summed E-state index contributed by atoms with van der Waals surface area (Å²) in [5.41, 5.74) is 5.26. The van der Waals surface area contributed by atoms with Crippen molar-refractivity contribution in [2.45, 2.75) is 44.4 Å². The van der Waals surface area contributed by atoms with Crippen LogP contribution in [0.1, 0.15) is 26.2 Å². The van der Waals surface area contributed by atoms with E-state index in [4.69, 9.17) is 15.6 Å². The predicted octanol–water partition coefficient (Wildman–Crippen LogP) is -0.0750. The molecule has 0 aliphatic carbocycles. The molecule has 0 bridgehead atoms. The van der Waals surface area contributed by atoms with Crippen LogP contribution in [-0.2, 0) is 14.3 Å². The summed E-state index contributed by atoms with van der Waals surface area (Å²) in [6, 6.07) is -0.934. The first kappa shape index (κ1) is 11.1. The summed E-state index contributed by atoms with van der Waals surface area (Å²) in [5.74, 6) is -1.04. The first-order valence-corrected chi connectivity index (χ1v) is 4.66. The summed E-state index contributed by atoms with van der Waals surface area (Å²) < 4.78 is 5.07. The number of carboxylic acid groups (broad SMARTS) is 1. The van der Waals surface area contributed by atoms with Crippen LogP contribution in [0.15, 0.2) is 0 Å². The molecule has 5 heteroatoms. The highest BCUT2D eigenvalue weighted by Crippen LogP contribution is 2.25. The van der Waals surface area contributed by atoms with E-state index < -0.39 is 12.0 Å². The van der Waals surface area contributed by atoms with Crippen molar-refractivity contribution < 1.29 is 19.4 Å². The van der Waals surface area contributed by atoms with E-state index >= 15 is 0 Å². The number of hydrogen-bond donors (Lipinski definition) is 2. The van der Waals surface area contributed by atoms with Crippen LogP contribution in [0.25, 0.3) is 0 Å². The molecule has 0 aromatic rings. The van der Waals surface area contributed by atoms with Crippen LogP contribution in [0.5, 0.6) is 0 Å². The van der Waals surface area contributed by atoms with Crippen LogP contribution in [0.4, 0.5) is 0 Å². The van der Waals surface area contributed by atoms with Crippen molar-refractivity contribution in [2.75, 3.05) is 0 Å². The van der Waals surface area contributed by atoms with Crippen LogP contribution >= 0.6 is 0 Å². The lowest BCUT2D eigenvalue weighted by Crippen LogP contribution is -2.30. The molecule has 80 valence electrons. The van der Waals surface area contributed by atoms with Gasteiger partial charge in [-0.15, -0.1) is 0 Å². The van der Waals surface area contributed by atoms with Gasteiger partial charge in [-0.05, 0) is 13.3 Å².